The Hall–Kier alpha value is -2.37. The van der Waals surface area contributed by atoms with Gasteiger partial charge in [0.1, 0.15) is 11.8 Å². The number of unbranched alkanes of at least 4 members (excludes halogenated alkanes) is 1. The van der Waals surface area contributed by atoms with Gasteiger partial charge in [0.15, 0.2) is 0 Å². The third-order valence-corrected chi connectivity index (χ3v) is 6.44. The van der Waals surface area contributed by atoms with Crippen LogP contribution in [-0.2, 0) is 20.8 Å². The highest BCUT2D eigenvalue weighted by molar-refractivity contribution is 6.38. The normalized spacial score (nSPS) is 19.4. The number of aliphatic carboxylic acids is 1. The molecular formula is C24H35NO5. The summed E-state index contributed by atoms with van der Waals surface area (Å²) >= 11 is 0. The van der Waals surface area contributed by atoms with Gasteiger partial charge in [-0.3, -0.25) is 9.59 Å². The van der Waals surface area contributed by atoms with E-state index in [0.29, 0.717) is 19.4 Å². The van der Waals surface area contributed by atoms with Crippen molar-refractivity contribution in [3.8, 4) is 5.75 Å². The summed E-state index contributed by atoms with van der Waals surface area (Å²) in [5, 5.41) is 9.66. The lowest BCUT2D eigenvalue weighted by atomic mass is 9.82. The number of ketones is 1. The zero-order valence-corrected chi connectivity index (χ0v) is 18.6. The first-order valence-electron chi connectivity index (χ1n) is 10.9. The number of rotatable bonds is 10. The first-order chi connectivity index (χ1) is 14.2. The predicted molar refractivity (Wildman–Crippen MR) is 115 cm³/mol. The summed E-state index contributed by atoms with van der Waals surface area (Å²) < 4.78 is 5.17. The first-order valence-corrected chi connectivity index (χ1v) is 10.9. The number of Topliss-reactive ketones (excluding diaryl/α,β-unsaturated/α-hetero) is 1. The molecule has 0 saturated carbocycles. The monoisotopic (exact) mass is 417 g/mol. The van der Waals surface area contributed by atoms with E-state index in [4.69, 9.17) is 4.74 Å². The molecule has 6 heteroatoms. The lowest BCUT2D eigenvalue weighted by Crippen LogP contribution is -2.54. The largest absolute Gasteiger partial charge is 0.497 e. The molecular weight excluding hydrogens is 382 g/mol. The number of carbonyl (C=O) groups excluding carboxylic acids is 2. The Kier molecular flexibility index (Phi) is 8.44. The Balaban J connectivity index is 1.86. The van der Waals surface area contributed by atoms with Crippen molar-refractivity contribution in [2.75, 3.05) is 13.7 Å². The number of carbonyl (C=O) groups is 3. The van der Waals surface area contributed by atoms with Gasteiger partial charge >= 0.3 is 5.97 Å². The number of aryl methyl sites for hydroxylation is 1. The highest BCUT2D eigenvalue weighted by Gasteiger charge is 2.41. The number of hydrogen-bond donors (Lipinski definition) is 1. The highest BCUT2D eigenvalue weighted by Crippen LogP contribution is 2.30. The van der Waals surface area contributed by atoms with E-state index >= 15 is 0 Å². The molecule has 30 heavy (non-hydrogen) atoms. The van der Waals surface area contributed by atoms with Gasteiger partial charge in [0.2, 0.25) is 5.78 Å². The van der Waals surface area contributed by atoms with E-state index in [0.717, 1.165) is 37.9 Å². The zero-order valence-electron chi connectivity index (χ0n) is 18.6. The van der Waals surface area contributed by atoms with Gasteiger partial charge in [0.05, 0.1) is 7.11 Å². The van der Waals surface area contributed by atoms with Crippen LogP contribution in [0.3, 0.4) is 0 Å². The van der Waals surface area contributed by atoms with E-state index in [9.17, 15) is 19.5 Å². The molecule has 1 N–H and O–H groups in total. The van der Waals surface area contributed by atoms with Crippen LogP contribution in [0.4, 0.5) is 0 Å². The third kappa shape index (κ3) is 6.07. The van der Waals surface area contributed by atoms with Crippen LogP contribution in [0.15, 0.2) is 24.3 Å². The first kappa shape index (κ1) is 23.9. The number of hydrogen-bond acceptors (Lipinski definition) is 4. The maximum atomic E-state index is 12.7. The van der Waals surface area contributed by atoms with E-state index in [-0.39, 0.29) is 5.92 Å². The molecule has 6 nitrogen and oxygen atoms in total. The number of amides is 1. The minimum absolute atomic E-state index is 0.264. The van der Waals surface area contributed by atoms with Crippen LogP contribution in [0, 0.1) is 11.3 Å². The molecule has 0 aliphatic carbocycles. The molecule has 1 amide bonds. The molecule has 0 spiro atoms. The second-order valence-electron chi connectivity index (χ2n) is 8.90. The molecule has 0 aromatic heterocycles. The predicted octanol–water partition coefficient (Wildman–Crippen LogP) is 4.11. The molecule has 166 valence electrons. The molecule has 0 radical (unpaired) electrons. The van der Waals surface area contributed by atoms with Crippen LogP contribution in [0.5, 0.6) is 5.75 Å². The molecule has 1 aliphatic heterocycles. The third-order valence-electron chi connectivity index (χ3n) is 6.44. The van der Waals surface area contributed by atoms with E-state index in [1.807, 2.05) is 19.1 Å². The summed E-state index contributed by atoms with van der Waals surface area (Å²) in [7, 11) is 1.65. The van der Waals surface area contributed by atoms with Crippen LogP contribution in [0.1, 0.15) is 64.9 Å². The lowest BCUT2D eigenvalue weighted by molar-refractivity contribution is -0.159. The van der Waals surface area contributed by atoms with Crippen LogP contribution in [0.2, 0.25) is 0 Å². The van der Waals surface area contributed by atoms with Crippen molar-refractivity contribution in [1.29, 1.82) is 0 Å². The van der Waals surface area contributed by atoms with Crippen LogP contribution >= 0.6 is 0 Å². The molecule has 2 rings (SSSR count). The second-order valence-corrected chi connectivity index (χ2v) is 8.90. The Labute approximate surface area is 179 Å². The van der Waals surface area contributed by atoms with E-state index in [1.165, 1.54) is 10.5 Å². The summed E-state index contributed by atoms with van der Waals surface area (Å²) in [5.74, 6) is -1.05. The van der Waals surface area contributed by atoms with Gasteiger partial charge in [-0.2, -0.15) is 0 Å². The average molecular weight is 418 g/mol. The number of methoxy groups -OCH3 is 1. The van der Waals surface area contributed by atoms with E-state index < -0.39 is 29.1 Å². The van der Waals surface area contributed by atoms with Gasteiger partial charge in [-0.25, -0.2) is 4.79 Å². The summed E-state index contributed by atoms with van der Waals surface area (Å²) in [6.07, 6.45) is 5.67. The number of benzene rings is 1. The van der Waals surface area contributed by atoms with E-state index in [2.05, 4.69) is 12.1 Å². The Morgan fingerprint density at radius 1 is 1.17 bits per heavy atom. The van der Waals surface area contributed by atoms with Gasteiger partial charge < -0.3 is 14.7 Å². The fraction of sp³-hybridized carbons (Fsp3) is 0.625. The molecule has 2 atom stereocenters. The summed E-state index contributed by atoms with van der Waals surface area (Å²) in [6.45, 7) is 5.67. The SMILES string of the molecule is CCC(C)(C)C(=O)C(=O)N1CCC(CCCCc2ccc(OC)cc2)CC1C(=O)O. The quantitative estimate of drug-likeness (QED) is 0.458. The Morgan fingerprint density at radius 3 is 2.40 bits per heavy atom. The number of likely N-dealkylation sites (tertiary alicyclic amines) is 1. The van der Waals surface area contributed by atoms with Gasteiger partial charge in [0.25, 0.3) is 5.91 Å². The number of ether oxygens (including phenoxy) is 1. The second kappa shape index (κ2) is 10.6. The van der Waals surface area contributed by atoms with E-state index in [1.54, 1.807) is 21.0 Å². The van der Waals surface area contributed by atoms with Crippen molar-refractivity contribution in [1.82, 2.24) is 4.90 Å². The maximum Gasteiger partial charge on any atom is 0.326 e. The van der Waals surface area contributed by atoms with Crippen molar-refractivity contribution in [2.45, 2.75) is 71.8 Å². The zero-order chi connectivity index (χ0) is 22.3. The number of piperidine rings is 1. The number of nitrogens with zero attached hydrogens (tertiary/aromatic N) is 1. The van der Waals surface area contributed by atoms with Gasteiger partial charge in [-0.15, -0.1) is 0 Å². The Bertz CT molecular complexity index is 740. The molecule has 1 heterocycles. The highest BCUT2D eigenvalue weighted by atomic mass is 16.5. The number of carboxylic acid groups (broad SMARTS) is 1. The molecule has 2 unspecified atom stereocenters. The minimum Gasteiger partial charge on any atom is -0.497 e. The van der Waals surface area contributed by atoms with Crippen molar-refractivity contribution in [3.05, 3.63) is 29.8 Å². The fourth-order valence-corrected chi connectivity index (χ4v) is 3.91. The van der Waals surface area contributed by atoms with Crippen LogP contribution < -0.4 is 4.74 Å². The minimum atomic E-state index is -1.02. The summed E-state index contributed by atoms with van der Waals surface area (Å²) in [6, 6.07) is 7.15. The van der Waals surface area contributed by atoms with Gasteiger partial charge in [0, 0.05) is 12.0 Å². The smallest absolute Gasteiger partial charge is 0.326 e. The molecule has 1 fully saturated rings. The molecule has 1 aromatic carbocycles. The molecule has 1 saturated heterocycles. The van der Waals surface area contributed by atoms with Gasteiger partial charge in [-0.05, 0) is 55.7 Å². The topological polar surface area (TPSA) is 83.9 Å². The maximum absolute atomic E-state index is 12.7. The van der Waals surface area contributed by atoms with Crippen molar-refractivity contribution < 1.29 is 24.2 Å². The van der Waals surface area contributed by atoms with Gasteiger partial charge in [-0.1, -0.05) is 45.7 Å². The number of carboxylic acids is 1. The van der Waals surface area contributed by atoms with Crippen LogP contribution in [-0.4, -0.2) is 47.4 Å². The molecule has 1 aromatic rings. The molecule has 0 bridgehead atoms. The molecule has 1 aliphatic rings. The van der Waals surface area contributed by atoms with Crippen LogP contribution in [0.25, 0.3) is 0 Å². The fourth-order valence-electron chi connectivity index (χ4n) is 3.91. The standard InChI is InChI=1S/C24H35NO5/c1-5-24(2,3)21(26)22(27)25-15-14-18(16-20(25)23(28)29)9-7-6-8-17-10-12-19(30-4)13-11-17/h10-13,18,20H,5-9,14-16H2,1-4H3,(H,28,29). The Morgan fingerprint density at radius 2 is 1.83 bits per heavy atom. The van der Waals surface area contributed by atoms with Crippen molar-refractivity contribution in [2.24, 2.45) is 11.3 Å². The summed E-state index contributed by atoms with van der Waals surface area (Å²) in [5.41, 5.74) is 0.495. The average Bonchev–Trinajstić information content (AvgIpc) is 2.75. The lowest BCUT2D eigenvalue weighted by Gasteiger charge is -2.38. The summed E-state index contributed by atoms with van der Waals surface area (Å²) in [4.78, 5) is 38.3. The van der Waals surface area contributed by atoms with Crippen molar-refractivity contribution >= 4 is 17.7 Å². The van der Waals surface area contributed by atoms with Crippen molar-refractivity contribution in [3.63, 3.8) is 0 Å².